The SMILES string of the molecule is CN(C)c1cccc(C(=O)Nc2ccc(Cl)c(C(F)(F)F)c2)c1. The minimum atomic E-state index is -4.58. The summed E-state index contributed by atoms with van der Waals surface area (Å²) in [4.78, 5) is 14.0. The molecular formula is C16H14ClF3N2O. The van der Waals surface area contributed by atoms with Crippen molar-refractivity contribution in [1.82, 2.24) is 0 Å². The van der Waals surface area contributed by atoms with Crippen molar-refractivity contribution in [3.8, 4) is 0 Å². The minimum Gasteiger partial charge on any atom is -0.378 e. The standard InChI is InChI=1S/C16H14ClF3N2O/c1-22(2)12-5-3-4-10(8-12)15(23)21-11-6-7-14(17)13(9-11)16(18,19)20/h3-9H,1-2H3,(H,21,23). The van der Waals surface area contributed by atoms with E-state index in [1.807, 2.05) is 25.1 Å². The van der Waals surface area contributed by atoms with Crippen LogP contribution in [0.4, 0.5) is 24.5 Å². The lowest BCUT2D eigenvalue weighted by Gasteiger charge is -2.14. The molecule has 0 radical (unpaired) electrons. The Labute approximate surface area is 136 Å². The number of nitrogens with zero attached hydrogens (tertiary/aromatic N) is 1. The maximum Gasteiger partial charge on any atom is 0.417 e. The lowest BCUT2D eigenvalue weighted by Crippen LogP contribution is -2.15. The first-order chi connectivity index (χ1) is 10.7. The molecule has 0 heterocycles. The van der Waals surface area contributed by atoms with Crippen LogP contribution in [-0.4, -0.2) is 20.0 Å². The number of halogens is 4. The number of carbonyl (C=O) groups excluding carboxylic acids is 1. The van der Waals surface area contributed by atoms with Gasteiger partial charge in [-0.3, -0.25) is 4.79 Å². The second-order valence-electron chi connectivity index (χ2n) is 5.09. The summed E-state index contributed by atoms with van der Waals surface area (Å²) in [6.45, 7) is 0. The fraction of sp³-hybridized carbons (Fsp3) is 0.188. The minimum absolute atomic E-state index is 0.0296. The third-order valence-corrected chi connectivity index (χ3v) is 3.48. The van der Waals surface area contributed by atoms with E-state index >= 15 is 0 Å². The van der Waals surface area contributed by atoms with E-state index in [-0.39, 0.29) is 5.69 Å². The van der Waals surface area contributed by atoms with Crippen molar-refractivity contribution >= 4 is 28.9 Å². The van der Waals surface area contributed by atoms with Crippen LogP contribution in [0.5, 0.6) is 0 Å². The summed E-state index contributed by atoms with van der Waals surface area (Å²) in [6.07, 6.45) is -4.58. The molecule has 122 valence electrons. The predicted molar refractivity (Wildman–Crippen MR) is 85.2 cm³/mol. The van der Waals surface area contributed by atoms with Crippen LogP contribution in [0.2, 0.25) is 5.02 Å². The van der Waals surface area contributed by atoms with Gasteiger partial charge in [-0.05, 0) is 36.4 Å². The predicted octanol–water partition coefficient (Wildman–Crippen LogP) is 4.68. The topological polar surface area (TPSA) is 32.3 Å². The number of anilines is 2. The monoisotopic (exact) mass is 342 g/mol. The Balaban J connectivity index is 2.26. The van der Waals surface area contributed by atoms with Gasteiger partial charge in [-0.2, -0.15) is 13.2 Å². The van der Waals surface area contributed by atoms with Crippen LogP contribution < -0.4 is 10.2 Å². The van der Waals surface area contributed by atoms with Gasteiger partial charge in [0.1, 0.15) is 0 Å². The fourth-order valence-electron chi connectivity index (χ4n) is 1.95. The summed E-state index contributed by atoms with van der Waals surface area (Å²) in [7, 11) is 3.65. The molecule has 2 aromatic carbocycles. The molecule has 0 bridgehead atoms. The molecule has 0 aliphatic heterocycles. The highest BCUT2D eigenvalue weighted by Crippen LogP contribution is 2.36. The Hall–Kier alpha value is -2.21. The molecule has 0 saturated carbocycles. The van der Waals surface area contributed by atoms with Crippen LogP contribution in [0.25, 0.3) is 0 Å². The molecule has 0 aliphatic rings. The lowest BCUT2D eigenvalue weighted by atomic mass is 10.1. The summed E-state index contributed by atoms with van der Waals surface area (Å²) in [6, 6.07) is 10.0. The number of carbonyl (C=O) groups is 1. The van der Waals surface area contributed by atoms with Gasteiger partial charge in [-0.25, -0.2) is 0 Å². The lowest BCUT2D eigenvalue weighted by molar-refractivity contribution is -0.137. The van der Waals surface area contributed by atoms with Crippen molar-refractivity contribution in [3.05, 3.63) is 58.6 Å². The molecule has 1 amide bonds. The normalized spacial score (nSPS) is 11.2. The highest BCUT2D eigenvalue weighted by atomic mass is 35.5. The zero-order valence-electron chi connectivity index (χ0n) is 12.4. The third kappa shape index (κ3) is 4.16. The van der Waals surface area contributed by atoms with Crippen LogP contribution >= 0.6 is 11.6 Å². The van der Waals surface area contributed by atoms with Gasteiger partial charge < -0.3 is 10.2 Å². The van der Waals surface area contributed by atoms with E-state index in [4.69, 9.17) is 11.6 Å². The third-order valence-electron chi connectivity index (χ3n) is 3.15. The molecule has 2 rings (SSSR count). The van der Waals surface area contributed by atoms with E-state index in [1.54, 1.807) is 18.2 Å². The van der Waals surface area contributed by atoms with Crippen molar-refractivity contribution in [1.29, 1.82) is 0 Å². The molecular weight excluding hydrogens is 329 g/mol. The second kappa shape index (κ2) is 6.50. The van der Waals surface area contributed by atoms with Crippen molar-refractivity contribution in [2.24, 2.45) is 0 Å². The number of hydrogen-bond donors (Lipinski definition) is 1. The van der Waals surface area contributed by atoms with Crippen LogP contribution in [0, 0.1) is 0 Å². The van der Waals surface area contributed by atoms with E-state index in [9.17, 15) is 18.0 Å². The number of rotatable bonds is 3. The number of benzene rings is 2. The summed E-state index contributed by atoms with van der Waals surface area (Å²) < 4.78 is 38.5. The van der Waals surface area contributed by atoms with Crippen molar-refractivity contribution in [2.75, 3.05) is 24.3 Å². The zero-order valence-corrected chi connectivity index (χ0v) is 13.2. The number of hydrogen-bond acceptors (Lipinski definition) is 2. The number of nitrogens with one attached hydrogen (secondary N) is 1. The van der Waals surface area contributed by atoms with Gasteiger partial charge in [0.25, 0.3) is 5.91 Å². The van der Waals surface area contributed by atoms with Gasteiger partial charge in [-0.15, -0.1) is 0 Å². The number of amides is 1. The molecule has 0 saturated heterocycles. The molecule has 0 aromatic heterocycles. The largest absolute Gasteiger partial charge is 0.417 e. The molecule has 3 nitrogen and oxygen atoms in total. The van der Waals surface area contributed by atoms with E-state index in [0.717, 1.165) is 17.8 Å². The Kier molecular flexibility index (Phi) is 4.85. The molecule has 0 unspecified atom stereocenters. The molecule has 1 N–H and O–H groups in total. The fourth-order valence-corrected chi connectivity index (χ4v) is 2.17. The van der Waals surface area contributed by atoms with Crippen LogP contribution in [0.15, 0.2) is 42.5 Å². The molecule has 0 fully saturated rings. The average molecular weight is 343 g/mol. The van der Waals surface area contributed by atoms with E-state index < -0.39 is 22.7 Å². The average Bonchev–Trinajstić information content (AvgIpc) is 2.48. The Morgan fingerprint density at radius 2 is 1.83 bits per heavy atom. The highest BCUT2D eigenvalue weighted by molar-refractivity contribution is 6.31. The smallest absolute Gasteiger partial charge is 0.378 e. The van der Waals surface area contributed by atoms with E-state index in [2.05, 4.69) is 5.32 Å². The van der Waals surface area contributed by atoms with Gasteiger partial charge >= 0.3 is 6.18 Å². The summed E-state index contributed by atoms with van der Waals surface area (Å²) >= 11 is 5.55. The first-order valence-corrected chi connectivity index (χ1v) is 7.02. The summed E-state index contributed by atoms with van der Waals surface area (Å²) in [5, 5.41) is 2.04. The molecule has 2 aromatic rings. The van der Waals surface area contributed by atoms with Crippen molar-refractivity contribution < 1.29 is 18.0 Å². The maximum atomic E-state index is 12.8. The van der Waals surface area contributed by atoms with Gasteiger partial charge in [0, 0.05) is 31.0 Å². The highest BCUT2D eigenvalue weighted by Gasteiger charge is 2.33. The Bertz CT molecular complexity index is 730. The van der Waals surface area contributed by atoms with Crippen molar-refractivity contribution in [3.63, 3.8) is 0 Å². The summed E-state index contributed by atoms with van der Waals surface area (Å²) in [5.74, 6) is -0.496. The van der Waals surface area contributed by atoms with Crippen LogP contribution in [-0.2, 0) is 6.18 Å². The molecule has 0 spiro atoms. The van der Waals surface area contributed by atoms with Gasteiger partial charge in [0.2, 0.25) is 0 Å². The molecule has 0 atom stereocenters. The van der Waals surface area contributed by atoms with E-state index in [0.29, 0.717) is 5.56 Å². The van der Waals surface area contributed by atoms with Gasteiger partial charge in [0.15, 0.2) is 0 Å². The van der Waals surface area contributed by atoms with Gasteiger partial charge in [0.05, 0.1) is 10.6 Å². The number of alkyl halides is 3. The summed E-state index contributed by atoms with van der Waals surface area (Å²) in [5.41, 5.74) is 0.199. The zero-order chi connectivity index (χ0) is 17.2. The maximum absolute atomic E-state index is 12.8. The first-order valence-electron chi connectivity index (χ1n) is 6.64. The second-order valence-corrected chi connectivity index (χ2v) is 5.50. The first kappa shape index (κ1) is 17.1. The van der Waals surface area contributed by atoms with Crippen LogP contribution in [0.3, 0.4) is 0 Å². The molecule has 23 heavy (non-hydrogen) atoms. The Morgan fingerprint density at radius 3 is 2.43 bits per heavy atom. The molecule has 0 aliphatic carbocycles. The van der Waals surface area contributed by atoms with Gasteiger partial charge in [-0.1, -0.05) is 17.7 Å². The van der Waals surface area contributed by atoms with Crippen LogP contribution in [0.1, 0.15) is 15.9 Å². The van der Waals surface area contributed by atoms with Crippen molar-refractivity contribution in [2.45, 2.75) is 6.18 Å². The Morgan fingerprint density at radius 1 is 1.13 bits per heavy atom. The van der Waals surface area contributed by atoms with E-state index in [1.165, 1.54) is 6.07 Å². The molecule has 7 heteroatoms. The quantitative estimate of drug-likeness (QED) is 0.878.